The third-order valence-electron chi connectivity index (χ3n) is 6.85. The van der Waals surface area contributed by atoms with E-state index in [-0.39, 0.29) is 54.3 Å². The summed E-state index contributed by atoms with van der Waals surface area (Å²) in [7, 11) is -3.20. The minimum absolute atomic E-state index is 0.00435. The minimum Gasteiger partial charge on any atom is -0.456 e. The molecule has 1 aliphatic heterocycles. The number of carbonyl (C=O) groups is 2. The molecule has 248 valence electrons. The molecule has 46 heavy (non-hydrogen) atoms. The predicted molar refractivity (Wildman–Crippen MR) is 163 cm³/mol. The van der Waals surface area contributed by atoms with Crippen LogP contribution in [0.15, 0.2) is 48.7 Å². The highest BCUT2D eigenvalue weighted by atomic mass is 35.5. The van der Waals surface area contributed by atoms with Crippen molar-refractivity contribution in [3.8, 4) is 11.5 Å². The molecule has 0 saturated carbocycles. The molecule has 1 saturated heterocycles. The van der Waals surface area contributed by atoms with Crippen LogP contribution in [0.3, 0.4) is 0 Å². The number of benzene rings is 2. The number of hydrogen-bond donors (Lipinski definition) is 2. The van der Waals surface area contributed by atoms with Crippen LogP contribution in [-0.2, 0) is 21.8 Å². The number of amides is 2. The van der Waals surface area contributed by atoms with E-state index in [0.717, 1.165) is 22.5 Å². The van der Waals surface area contributed by atoms with E-state index >= 15 is 0 Å². The smallest absolute Gasteiger partial charge is 0.417 e. The maximum absolute atomic E-state index is 13.7. The quantitative estimate of drug-likeness (QED) is 0.203. The van der Waals surface area contributed by atoms with E-state index in [1.807, 2.05) is 0 Å². The van der Waals surface area contributed by atoms with Crippen LogP contribution in [0.4, 0.5) is 33.9 Å². The SMILES string of the molecule is Cc1cc(F)ccc1Oc1cc(C(F)(F)F)c(Cl)cc1C(=O)Nc1ccnc(N(C2CCN(C(=O)OC(C)(C)C)CC2)[SH](=O)=O)c1. The molecular weight excluding hydrogens is 656 g/mol. The number of ether oxygens (including phenoxy) is 2. The maximum atomic E-state index is 13.7. The first-order valence-electron chi connectivity index (χ1n) is 14.0. The van der Waals surface area contributed by atoms with Crippen molar-refractivity contribution in [1.82, 2.24) is 9.88 Å². The van der Waals surface area contributed by atoms with E-state index in [1.165, 1.54) is 36.2 Å². The van der Waals surface area contributed by atoms with Crippen molar-refractivity contribution >= 4 is 46.0 Å². The molecule has 2 aromatic carbocycles. The van der Waals surface area contributed by atoms with Crippen LogP contribution in [0.5, 0.6) is 11.5 Å². The lowest BCUT2D eigenvalue weighted by molar-refractivity contribution is -0.137. The van der Waals surface area contributed by atoms with Gasteiger partial charge in [0.2, 0.25) is 10.9 Å². The van der Waals surface area contributed by atoms with Crippen LogP contribution in [0, 0.1) is 12.7 Å². The van der Waals surface area contributed by atoms with Gasteiger partial charge in [-0.1, -0.05) is 11.6 Å². The number of rotatable bonds is 7. The Bertz CT molecular complexity index is 1700. The molecule has 10 nitrogen and oxygen atoms in total. The van der Waals surface area contributed by atoms with Crippen LogP contribution >= 0.6 is 11.6 Å². The number of piperidine rings is 1. The molecule has 1 aromatic heterocycles. The first-order valence-corrected chi connectivity index (χ1v) is 15.5. The molecular formula is C30H31ClF4N4O6S. The van der Waals surface area contributed by atoms with E-state index in [4.69, 9.17) is 21.1 Å². The van der Waals surface area contributed by atoms with Gasteiger partial charge < -0.3 is 19.7 Å². The van der Waals surface area contributed by atoms with Crippen molar-refractivity contribution in [2.24, 2.45) is 0 Å². The van der Waals surface area contributed by atoms with Gasteiger partial charge in [-0.2, -0.15) is 13.2 Å². The molecule has 1 N–H and O–H groups in total. The first kappa shape index (κ1) is 34.8. The van der Waals surface area contributed by atoms with Gasteiger partial charge in [-0.05, 0) is 82.5 Å². The average Bonchev–Trinajstić information content (AvgIpc) is 2.94. The normalized spacial score (nSPS) is 14.3. The Kier molecular flexibility index (Phi) is 10.4. The molecule has 0 unspecified atom stereocenters. The fourth-order valence-corrected chi connectivity index (χ4v) is 5.77. The van der Waals surface area contributed by atoms with Gasteiger partial charge in [0.25, 0.3) is 5.91 Å². The molecule has 0 radical (unpaired) electrons. The van der Waals surface area contributed by atoms with Gasteiger partial charge in [-0.15, -0.1) is 0 Å². The Labute approximate surface area is 269 Å². The first-order chi connectivity index (χ1) is 21.4. The highest BCUT2D eigenvalue weighted by Crippen LogP contribution is 2.40. The summed E-state index contributed by atoms with van der Waals surface area (Å²) < 4.78 is 91.4. The summed E-state index contributed by atoms with van der Waals surface area (Å²) in [6.07, 6.45) is -3.55. The molecule has 4 rings (SSSR count). The van der Waals surface area contributed by atoms with Crippen LogP contribution in [-0.4, -0.2) is 55.0 Å². The standard InChI is InChI=1S/C30H31ClF4N4O6S/c1-17-13-18(32)5-6-24(17)44-25-16-22(30(33,34)35)23(31)15-21(25)27(40)37-19-7-10-36-26(14-19)39(46(42)43)20-8-11-38(12-9-20)28(41)45-29(2,3)4/h5-7,10,13-16,20,46H,8-9,11-12H2,1-4H3,(H,36,37,40). The van der Waals surface area contributed by atoms with Crippen LogP contribution < -0.4 is 14.4 Å². The van der Waals surface area contributed by atoms with Gasteiger partial charge in [-0.3, -0.25) is 9.10 Å². The molecule has 2 heterocycles. The molecule has 2 amide bonds. The third kappa shape index (κ3) is 8.57. The lowest BCUT2D eigenvalue weighted by Gasteiger charge is -2.36. The van der Waals surface area contributed by atoms with Gasteiger partial charge in [0, 0.05) is 37.1 Å². The van der Waals surface area contributed by atoms with Crippen LogP contribution in [0.1, 0.15) is 55.1 Å². The zero-order chi connectivity index (χ0) is 34.0. The Morgan fingerprint density at radius 1 is 1.04 bits per heavy atom. The van der Waals surface area contributed by atoms with E-state index in [0.29, 0.717) is 6.07 Å². The second kappa shape index (κ2) is 13.7. The predicted octanol–water partition coefficient (Wildman–Crippen LogP) is 6.98. The Balaban J connectivity index is 1.58. The van der Waals surface area contributed by atoms with E-state index < -0.39 is 62.9 Å². The van der Waals surface area contributed by atoms with E-state index in [2.05, 4.69) is 10.3 Å². The average molecular weight is 687 g/mol. The molecule has 0 aliphatic carbocycles. The van der Waals surface area contributed by atoms with Crippen molar-refractivity contribution in [3.05, 3.63) is 76.2 Å². The highest BCUT2D eigenvalue weighted by Gasteiger charge is 2.36. The molecule has 0 atom stereocenters. The lowest BCUT2D eigenvalue weighted by atomic mass is 10.1. The van der Waals surface area contributed by atoms with Crippen molar-refractivity contribution in [2.45, 2.75) is 58.4 Å². The van der Waals surface area contributed by atoms with Crippen molar-refractivity contribution in [2.75, 3.05) is 22.7 Å². The Morgan fingerprint density at radius 2 is 1.72 bits per heavy atom. The zero-order valence-corrected chi connectivity index (χ0v) is 26.8. The monoisotopic (exact) mass is 686 g/mol. The molecule has 0 spiro atoms. The van der Waals surface area contributed by atoms with Crippen molar-refractivity contribution in [1.29, 1.82) is 0 Å². The summed E-state index contributed by atoms with van der Waals surface area (Å²) >= 11 is 5.92. The third-order valence-corrected chi connectivity index (χ3v) is 8.05. The van der Waals surface area contributed by atoms with Gasteiger partial charge >= 0.3 is 12.3 Å². The zero-order valence-electron chi connectivity index (χ0n) is 25.2. The van der Waals surface area contributed by atoms with E-state index in [1.54, 1.807) is 20.8 Å². The number of aromatic nitrogens is 1. The lowest BCUT2D eigenvalue weighted by Crippen LogP contribution is -2.47. The van der Waals surface area contributed by atoms with Gasteiger partial charge in [0.15, 0.2) is 0 Å². The minimum atomic E-state index is -4.87. The van der Waals surface area contributed by atoms with Gasteiger partial charge in [-0.25, -0.2) is 22.6 Å². The molecule has 16 heteroatoms. The number of aryl methyl sites for hydroxylation is 1. The van der Waals surface area contributed by atoms with Crippen LogP contribution in [0.2, 0.25) is 5.02 Å². The number of thiol groups is 1. The fraction of sp³-hybridized carbons (Fsp3) is 0.367. The second-order valence-electron chi connectivity index (χ2n) is 11.5. The number of halogens is 5. The number of anilines is 2. The fourth-order valence-electron chi connectivity index (χ4n) is 4.72. The summed E-state index contributed by atoms with van der Waals surface area (Å²) in [6.45, 7) is 7.18. The Hall–Kier alpha value is -4.11. The number of likely N-dealkylation sites (tertiary alicyclic amines) is 1. The summed E-state index contributed by atoms with van der Waals surface area (Å²) in [5, 5.41) is 1.76. The van der Waals surface area contributed by atoms with Crippen molar-refractivity contribution in [3.63, 3.8) is 0 Å². The summed E-state index contributed by atoms with van der Waals surface area (Å²) in [6, 6.07) is 6.85. The number of hydrogen-bond acceptors (Lipinski definition) is 7. The number of pyridine rings is 1. The van der Waals surface area contributed by atoms with Crippen LogP contribution in [0.25, 0.3) is 0 Å². The molecule has 1 fully saturated rings. The van der Waals surface area contributed by atoms with Crippen molar-refractivity contribution < 1.29 is 45.0 Å². The molecule has 3 aromatic rings. The molecule has 1 aliphatic rings. The largest absolute Gasteiger partial charge is 0.456 e. The highest BCUT2D eigenvalue weighted by molar-refractivity contribution is 7.74. The summed E-state index contributed by atoms with van der Waals surface area (Å²) in [5.41, 5.74) is -1.98. The second-order valence-corrected chi connectivity index (χ2v) is 12.8. The molecule has 0 bridgehead atoms. The number of nitrogens with zero attached hydrogens (tertiary/aromatic N) is 3. The maximum Gasteiger partial charge on any atom is 0.417 e. The van der Waals surface area contributed by atoms with E-state index in [9.17, 15) is 35.6 Å². The Morgan fingerprint density at radius 3 is 2.30 bits per heavy atom. The topological polar surface area (TPSA) is 118 Å². The summed E-state index contributed by atoms with van der Waals surface area (Å²) in [5.74, 6) is -2.03. The van der Waals surface area contributed by atoms with Gasteiger partial charge in [0.1, 0.15) is 28.7 Å². The summed E-state index contributed by atoms with van der Waals surface area (Å²) in [4.78, 5) is 31.5. The number of carbonyl (C=O) groups excluding carboxylic acids is 2. The number of nitrogens with one attached hydrogen (secondary N) is 1. The number of alkyl halides is 3. The van der Waals surface area contributed by atoms with Gasteiger partial charge in [0.05, 0.1) is 16.1 Å².